The van der Waals surface area contributed by atoms with Gasteiger partial charge in [-0.25, -0.2) is 0 Å². The van der Waals surface area contributed by atoms with E-state index in [1.54, 1.807) is 0 Å². The van der Waals surface area contributed by atoms with Crippen molar-refractivity contribution in [3.8, 4) is 11.1 Å². The number of aryl methyl sites for hydroxylation is 1. The van der Waals surface area contributed by atoms with Gasteiger partial charge in [0, 0.05) is 55.0 Å². The van der Waals surface area contributed by atoms with Crippen LogP contribution in [0, 0.1) is 19.3 Å². The molecular weight excluding hydrogens is 552 g/mol. The van der Waals surface area contributed by atoms with E-state index < -0.39 is 0 Å². The molecule has 2 aromatic heterocycles. The summed E-state index contributed by atoms with van der Waals surface area (Å²) in [5.74, 6) is 1.43. The number of aromatic nitrogens is 4. The van der Waals surface area contributed by atoms with Crippen molar-refractivity contribution in [2.75, 3.05) is 56.6 Å². The largest absolute Gasteiger partial charge is 0.382 e. The van der Waals surface area contributed by atoms with Gasteiger partial charge in [0.15, 0.2) is 11.6 Å². The number of fused-ring (bicyclic) bond motifs is 1. The number of nitrogens with two attached hydrogens (primary N) is 1. The maximum Gasteiger partial charge on any atom is 0.245 e. The van der Waals surface area contributed by atoms with Gasteiger partial charge in [-0.2, -0.15) is 10.2 Å². The number of halogens is 1. The average molecular weight is 593 g/mol. The molecule has 5 heterocycles. The molecule has 4 aliphatic rings. The van der Waals surface area contributed by atoms with E-state index >= 15 is 0 Å². The fraction of sp³-hybridized carbons (Fsp3) is 0.581. The standard InChI is InChI=1S/C31H41ClN8O2/c1-6-23(41)38-16-31(17-38)11-20(12-31)40-19(4)24(26-25-22(34-35-28(25)33)10-18(3)27(26)32)29(36-40)39-9-8-37(21-13-42-14-21)15-30(39,5)7-2/h6,10,20-21H,1,7-9,11-17H2,2-5H3,(H3,33,34,35)/t30-/m0/s1. The van der Waals surface area contributed by atoms with Crippen LogP contribution in [-0.2, 0) is 9.53 Å². The maximum atomic E-state index is 12.1. The zero-order valence-corrected chi connectivity index (χ0v) is 25.8. The lowest BCUT2D eigenvalue weighted by Crippen LogP contribution is -2.65. The molecule has 3 N–H and O–H groups in total. The van der Waals surface area contributed by atoms with E-state index in [0.29, 0.717) is 16.9 Å². The Morgan fingerprint density at radius 1 is 1.21 bits per heavy atom. The number of benzene rings is 1. The summed E-state index contributed by atoms with van der Waals surface area (Å²) in [5, 5.41) is 14.4. The molecule has 11 heteroatoms. The first-order chi connectivity index (χ1) is 20.1. The van der Waals surface area contributed by atoms with Gasteiger partial charge in [0.05, 0.1) is 46.8 Å². The Hall–Kier alpha value is -3.08. The Kier molecular flexibility index (Phi) is 6.42. The molecule has 0 bridgehead atoms. The van der Waals surface area contributed by atoms with Gasteiger partial charge in [-0.1, -0.05) is 25.1 Å². The maximum absolute atomic E-state index is 12.1. The second-order valence-electron chi connectivity index (χ2n) is 13.3. The van der Waals surface area contributed by atoms with Crippen molar-refractivity contribution in [1.82, 2.24) is 29.8 Å². The molecule has 10 nitrogen and oxygen atoms in total. The summed E-state index contributed by atoms with van der Waals surface area (Å²) in [5.41, 5.74) is 11.4. The zero-order chi connectivity index (χ0) is 29.6. The van der Waals surface area contributed by atoms with Crippen LogP contribution >= 0.6 is 11.6 Å². The van der Waals surface area contributed by atoms with Gasteiger partial charge in [-0.3, -0.25) is 19.5 Å². The Labute approximate surface area is 251 Å². The van der Waals surface area contributed by atoms with Crippen LogP contribution in [0.2, 0.25) is 5.02 Å². The Morgan fingerprint density at radius 2 is 1.95 bits per heavy atom. The van der Waals surface area contributed by atoms with E-state index in [1.807, 2.05) is 17.9 Å². The average Bonchev–Trinajstić information content (AvgIpc) is 3.41. The van der Waals surface area contributed by atoms with Gasteiger partial charge in [0.25, 0.3) is 0 Å². The number of anilines is 2. The smallest absolute Gasteiger partial charge is 0.245 e. The number of hydrogen-bond donors (Lipinski definition) is 2. The third-order valence-electron chi connectivity index (χ3n) is 10.6. The molecule has 1 aliphatic carbocycles. The summed E-state index contributed by atoms with van der Waals surface area (Å²) in [6.45, 7) is 18.5. The Morgan fingerprint density at radius 3 is 2.60 bits per heavy atom. The number of carbonyl (C=O) groups excluding carboxylic acids is 1. The van der Waals surface area contributed by atoms with Crippen molar-refractivity contribution in [2.24, 2.45) is 5.41 Å². The fourth-order valence-corrected chi connectivity index (χ4v) is 8.07. The van der Waals surface area contributed by atoms with Crippen LogP contribution < -0.4 is 10.6 Å². The molecular formula is C31H41ClN8O2. The number of nitrogens with one attached hydrogen (secondary N) is 1. The van der Waals surface area contributed by atoms with Gasteiger partial charge >= 0.3 is 0 Å². The topological polar surface area (TPSA) is 109 Å². The third kappa shape index (κ3) is 4.02. The number of nitrogens with zero attached hydrogens (tertiary/aromatic N) is 6. The van der Waals surface area contributed by atoms with E-state index in [0.717, 1.165) is 104 Å². The molecule has 1 spiro atoms. The van der Waals surface area contributed by atoms with Crippen molar-refractivity contribution in [3.63, 3.8) is 0 Å². The SMILES string of the molecule is C=CC(=O)N1CC2(CC(n3nc(N4CCN(C5COC5)C[C@]4(C)CC)c(-c4c(Cl)c(C)cc5[nH]nc(N)c45)c3C)C2)C1. The van der Waals surface area contributed by atoms with Gasteiger partial charge in [0.2, 0.25) is 5.91 Å². The highest BCUT2D eigenvalue weighted by Crippen LogP contribution is 2.56. The minimum Gasteiger partial charge on any atom is -0.382 e. The summed E-state index contributed by atoms with van der Waals surface area (Å²) in [4.78, 5) is 19.1. The lowest BCUT2D eigenvalue weighted by atomic mass is 9.60. The quantitative estimate of drug-likeness (QED) is 0.410. The summed E-state index contributed by atoms with van der Waals surface area (Å²) < 4.78 is 7.77. The first kappa shape index (κ1) is 27.7. The first-order valence-corrected chi connectivity index (χ1v) is 15.5. The van der Waals surface area contributed by atoms with Crippen LogP contribution in [0.5, 0.6) is 0 Å². The van der Waals surface area contributed by atoms with Crippen LogP contribution in [0.3, 0.4) is 0 Å². The highest BCUT2D eigenvalue weighted by Gasteiger charge is 2.55. The zero-order valence-electron chi connectivity index (χ0n) is 25.0. The predicted molar refractivity (Wildman–Crippen MR) is 166 cm³/mol. The molecule has 1 saturated carbocycles. The Bertz CT molecular complexity index is 1580. The van der Waals surface area contributed by atoms with Crippen molar-refractivity contribution in [2.45, 2.75) is 64.6 Å². The van der Waals surface area contributed by atoms with Gasteiger partial charge in [-0.05, 0) is 57.7 Å². The van der Waals surface area contributed by atoms with E-state index in [2.05, 4.69) is 52.0 Å². The van der Waals surface area contributed by atoms with E-state index in [4.69, 9.17) is 27.2 Å². The van der Waals surface area contributed by atoms with Gasteiger partial charge < -0.3 is 20.3 Å². The number of H-pyrrole nitrogens is 1. The molecule has 1 aromatic carbocycles. The number of likely N-dealkylation sites (tertiary alicyclic amines) is 1. The second kappa shape index (κ2) is 9.72. The molecule has 1 atom stereocenters. The normalized spacial score (nSPS) is 24.6. The number of aromatic amines is 1. The lowest BCUT2D eigenvalue weighted by molar-refractivity contribution is -0.149. The van der Waals surface area contributed by atoms with Crippen molar-refractivity contribution in [1.29, 1.82) is 0 Å². The van der Waals surface area contributed by atoms with E-state index in [1.165, 1.54) is 6.08 Å². The van der Waals surface area contributed by atoms with Crippen LogP contribution in [-0.4, -0.2) is 93.2 Å². The molecule has 0 radical (unpaired) electrons. The Balaban J connectivity index is 1.32. The molecule has 0 unspecified atom stereocenters. The third-order valence-corrected chi connectivity index (χ3v) is 11.0. The molecule has 4 fully saturated rings. The molecule has 3 aliphatic heterocycles. The molecule has 3 aromatic rings. The highest BCUT2D eigenvalue weighted by atomic mass is 35.5. The second-order valence-corrected chi connectivity index (χ2v) is 13.6. The molecule has 224 valence electrons. The van der Waals surface area contributed by atoms with Gasteiger partial charge in [-0.15, -0.1) is 0 Å². The number of nitrogen functional groups attached to an aromatic ring is 1. The number of rotatable bonds is 6. The fourth-order valence-electron chi connectivity index (χ4n) is 7.83. The minimum absolute atomic E-state index is 0.0196. The molecule has 7 rings (SSSR count). The van der Waals surface area contributed by atoms with Crippen LogP contribution in [0.4, 0.5) is 11.6 Å². The number of hydrogen-bond acceptors (Lipinski definition) is 7. The monoisotopic (exact) mass is 592 g/mol. The summed E-state index contributed by atoms with van der Waals surface area (Å²) >= 11 is 7.17. The highest BCUT2D eigenvalue weighted by molar-refractivity contribution is 6.36. The minimum atomic E-state index is -0.119. The number of carbonyl (C=O) groups is 1. The predicted octanol–water partition coefficient (Wildman–Crippen LogP) is 4.32. The summed E-state index contributed by atoms with van der Waals surface area (Å²) in [6.07, 6.45) is 4.39. The number of amides is 1. The summed E-state index contributed by atoms with van der Waals surface area (Å²) in [7, 11) is 0. The molecule has 3 saturated heterocycles. The van der Waals surface area contributed by atoms with Crippen LogP contribution in [0.25, 0.3) is 22.0 Å². The molecule has 1 amide bonds. The van der Waals surface area contributed by atoms with Gasteiger partial charge in [0.1, 0.15) is 0 Å². The lowest BCUT2D eigenvalue weighted by Gasteiger charge is -2.58. The first-order valence-electron chi connectivity index (χ1n) is 15.1. The summed E-state index contributed by atoms with van der Waals surface area (Å²) in [6, 6.07) is 2.78. The van der Waals surface area contributed by atoms with Crippen molar-refractivity contribution >= 4 is 40.0 Å². The number of ether oxygens (including phenoxy) is 1. The van der Waals surface area contributed by atoms with Crippen molar-refractivity contribution < 1.29 is 9.53 Å². The van der Waals surface area contributed by atoms with E-state index in [9.17, 15) is 4.79 Å². The van der Waals surface area contributed by atoms with Crippen LogP contribution in [0.1, 0.15) is 50.4 Å². The van der Waals surface area contributed by atoms with Crippen molar-refractivity contribution in [3.05, 3.63) is 35.0 Å². The number of piperazine rings is 1. The van der Waals surface area contributed by atoms with Crippen LogP contribution in [0.15, 0.2) is 18.7 Å². The molecule has 42 heavy (non-hydrogen) atoms. The van der Waals surface area contributed by atoms with E-state index in [-0.39, 0.29) is 22.9 Å².